The average Bonchev–Trinajstić information content (AvgIpc) is 2.89. The Morgan fingerprint density at radius 2 is 1.83 bits per heavy atom. The number of nitrogens with zero attached hydrogens (tertiary/aromatic N) is 6. The van der Waals surface area contributed by atoms with Crippen molar-refractivity contribution in [3.63, 3.8) is 0 Å². The van der Waals surface area contributed by atoms with Crippen LogP contribution in [0.15, 0.2) is 67.3 Å². The van der Waals surface area contributed by atoms with Crippen LogP contribution in [0.4, 0.5) is 16.0 Å². The number of hydrogen-bond donors (Lipinski definition) is 2. The maximum atomic E-state index is 14.5. The lowest BCUT2D eigenvalue weighted by atomic mass is 9.91. The van der Waals surface area contributed by atoms with E-state index in [1.165, 1.54) is 18.5 Å². The van der Waals surface area contributed by atoms with Gasteiger partial charge in [-0.1, -0.05) is 12.1 Å². The summed E-state index contributed by atoms with van der Waals surface area (Å²) < 4.78 is 14.5. The van der Waals surface area contributed by atoms with Gasteiger partial charge in [0.05, 0.1) is 28.6 Å². The Balaban J connectivity index is 1.83. The number of aryl methyl sites for hydroxylation is 1. The second-order valence-electron chi connectivity index (χ2n) is 8.25. The summed E-state index contributed by atoms with van der Waals surface area (Å²) in [6, 6.07) is 15.5. The number of anilines is 2. The number of nitrogens with two attached hydrogens (primary N) is 1. The predicted molar refractivity (Wildman–Crippen MR) is 136 cm³/mol. The van der Waals surface area contributed by atoms with Gasteiger partial charge in [0.15, 0.2) is 0 Å². The van der Waals surface area contributed by atoms with Crippen molar-refractivity contribution < 1.29 is 4.39 Å². The molecule has 0 radical (unpaired) electrons. The van der Waals surface area contributed by atoms with E-state index in [4.69, 9.17) is 10.7 Å². The van der Waals surface area contributed by atoms with Crippen LogP contribution in [-0.4, -0.2) is 24.9 Å². The topological polar surface area (TPSA) is 126 Å². The van der Waals surface area contributed by atoms with Crippen molar-refractivity contribution in [2.24, 2.45) is 0 Å². The van der Waals surface area contributed by atoms with E-state index in [1.54, 1.807) is 18.5 Å². The van der Waals surface area contributed by atoms with E-state index < -0.39 is 6.04 Å². The molecule has 0 bridgehead atoms. The summed E-state index contributed by atoms with van der Waals surface area (Å²) in [5.74, 6) is 0.0000802. The molecular formula is C27H21FN8. The molecule has 0 spiro atoms. The van der Waals surface area contributed by atoms with Gasteiger partial charge in [-0.2, -0.15) is 5.26 Å². The van der Waals surface area contributed by atoms with E-state index in [9.17, 15) is 9.65 Å². The zero-order valence-corrected chi connectivity index (χ0v) is 19.6. The lowest BCUT2D eigenvalue weighted by Crippen LogP contribution is -2.15. The van der Waals surface area contributed by atoms with Crippen molar-refractivity contribution in [1.29, 1.82) is 5.26 Å². The summed E-state index contributed by atoms with van der Waals surface area (Å²) in [6.07, 6.45) is 4.70. The number of nitrogens with one attached hydrogen (secondary N) is 1. The highest BCUT2D eigenvalue weighted by Crippen LogP contribution is 2.41. The molecule has 0 aliphatic heterocycles. The van der Waals surface area contributed by atoms with Crippen LogP contribution in [0.2, 0.25) is 0 Å². The summed E-state index contributed by atoms with van der Waals surface area (Å²) in [4.78, 5) is 22.3. The van der Waals surface area contributed by atoms with Crippen molar-refractivity contribution in [2.75, 3.05) is 11.1 Å². The van der Waals surface area contributed by atoms with E-state index >= 15 is 0 Å². The molecule has 0 aliphatic rings. The Morgan fingerprint density at radius 1 is 1.00 bits per heavy atom. The van der Waals surface area contributed by atoms with Crippen molar-refractivity contribution in [3.05, 3.63) is 89.9 Å². The average molecular weight is 477 g/mol. The predicted octanol–water partition coefficient (Wildman–Crippen LogP) is 5.22. The minimum Gasteiger partial charge on any atom is -0.382 e. The van der Waals surface area contributed by atoms with Gasteiger partial charge in [0.1, 0.15) is 35.4 Å². The Kier molecular flexibility index (Phi) is 5.92. The normalized spacial score (nSPS) is 11.7. The van der Waals surface area contributed by atoms with Crippen LogP contribution in [0.5, 0.6) is 0 Å². The van der Waals surface area contributed by atoms with Crippen LogP contribution in [0.3, 0.4) is 0 Å². The van der Waals surface area contributed by atoms with E-state index in [1.807, 2.05) is 44.2 Å². The van der Waals surface area contributed by atoms with Crippen LogP contribution in [0, 0.1) is 24.1 Å². The second kappa shape index (κ2) is 9.35. The molecule has 1 aromatic carbocycles. The Bertz CT molecular complexity index is 1630. The SMILES string of the molecule is Cc1cccnc1-c1c(-c2ccccn2)c(C(C)Nc2ncnc(N)c2C#N)nc2ccc(F)cc12. The minimum atomic E-state index is -0.444. The molecule has 0 aliphatic carbocycles. The molecule has 176 valence electrons. The molecule has 1 atom stereocenters. The lowest BCUT2D eigenvalue weighted by Gasteiger charge is -2.22. The first-order valence-electron chi connectivity index (χ1n) is 11.2. The van der Waals surface area contributed by atoms with Crippen LogP contribution < -0.4 is 11.1 Å². The summed E-state index contributed by atoms with van der Waals surface area (Å²) >= 11 is 0. The van der Waals surface area contributed by atoms with Crippen molar-refractivity contribution in [1.82, 2.24) is 24.9 Å². The number of nitrogen functional groups attached to an aromatic ring is 1. The number of nitriles is 1. The molecule has 4 aromatic heterocycles. The molecule has 36 heavy (non-hydrogen) atoms. The molecule has 5 aromatic rings. The maximum Gasteiger partial charge on any atom is 0.150 e. The molecule has 3 N–H and O–H groups in total. The molecule has 0 amide bonds. The summed E-state index contributed by atoms with van der Waals surface area (Å²) in [6.45, 7) is 3.86. The van der Waals surface area contributed by atoms with Gasteiger partial charge in [-0.25, -0.2) is 19.3 Å². The number of halogens is 1. The second-order valence-corrected chi connectivity index (χ2v) is 8.25. The monoisotopic (exact) mass is 476 g/mol. The minimum absolute atomic E-state index is 0.0823. The standard InChI is InChI=1S/C27H21FN8/c1-15-6-5-11-32-24(15)22-18-12-17(28)8-9-20(18)36-25(23(22)21-7-3-4-10-31-21)16(2)35-27-19(13-29)26(30)33-14-34-27/h3-12,14,16H,1-2H3,(H3,30,33,34,35). The van der Waals surface area contributed by atoms with Gasteiger partial charge < -0.3 is 11.1 Å². The third-order valence-corrected chi connectivity index (χ3v) is 5.89. The van der Waals surface area contributed by atoms with E-state index in [2.05, 4.69) is 31.3 Å². The zero-order chi connectivity index (χ0) is 25.2. The molecule has 8 nitrogen and oxygen atoms in total. The molecule has 0 fully saturated rings. The van der Waals surface area contributed by atoms with Crippen molar-refractivity contribution in [2.45, 2.75) is 19.9 Å². The largest absolute Gasteiger partial charge is 0.382 e. The third kappa shape index (κ3) is 4.05. The highest BCUT2D eigenvalue weighted by atomic mass is 19.1. The van der Waals surface area contributed by atoms with Gasteiger partial charge in [0.2, 0.25) is 0 Å². The van der Waals surface area contributed by atoms with Crippen LogP contribution >= 0.6 is 0 Å². The van der Waals surface area contributed by atoms with E-state index in [0.29, 0.717) is 39.4 Å². The van der Waals surface area contributed by atoms with E-state index in [0.717, 1.165) is 11.1 Å². The van der Waals surface area contributed by atoms with Crippen LogP contribution in [0.1, 0.15) is 29.8 Å². The fourth-order valence-corrected chi connectivity index (χ4v) is 4.22. The quantitative estimate of drug-likeness (QED) is 0.353. The fraction of sp³-hybridized carbons (Fsp3) is 0.111. The van der Waals surface area contributed by atoms with Gasteiger partial charge in [0.25, 0.3) is 0 Å². The number of rotatable bonds is 5. The number of fused-ring (bicyclic) bond motifs is 1. The first kappa shape index (κ1) is 22.8. The van der Waals surface area contributed by atoms with Gasteiger partial charge in [-0.3, -0.25) is 9.97 Å². The number of pyridine rings is 3. The van der Waals surface area contributed by atoms with Gasteiger partial charge in [-0.05, 0) is 55.8 Å². The maximum absolute atomic E-state index is 14.5. The molecule has 4 heterocycles. The number of hydrogen-bond acceptors (Lipinski definition) is 8. The Hall–Kier alpha value is -4.97. The molecule has 5 rings (SSSR count). The zero-order valence-electron chi connectivity index (χ0n) is 19.6. The molecule has 1 unspecified atom stereocenters. The molecule has 0 saturated heterocycles. The molecule has 0 saturated carbocycles. The van der Waals surface area contributed by atoms with Crippen molar-refractivity contribution >= 4 is 22.5 Å². The molecule has 9 heteroatoms. The van der Waals surface area contributed by atoms with Gasteiger partial charge >= 0.3 is 0 Å². The fourth-order valence-electron chi connectivity index (χ4n) is 4.22. The van der Waals surface area contributed by atoms with Gasteiger partial charge in [0, 0.05) is 28.9 Å². The lowest BCUT2D eigenvalue weighted by molar-refractivity contribution is 0.629. The number of aromatic nitrogens is 5. The van der Waals surface area contributed by atoms with E-state index in [-0.39, 0.29) is 17.2 Å². The van der Waals surface area contributed by atoms with Crippen LogP contribution in [-0.2, 0) is 0 Å². The highest BCUT2D eigenvalue weighted by molar-refractivity contribution is 6.02. The van der Waals surface area contributed by atoms with Crippen molar-refractivity contribution in [3.8, 4) is 28.6 Å². The smallest absolute Gasteiger partial charge is 0.150 e. The summed E-state index contributed by atoms with van der Waals surface area (Å²) in [5.41, 5.74) is 11.0. The molecular weight excluding hydrogens is 455 g/mol. The van der Waals surface area contributed by atoms with Gasteiger partial charge in [-0.15, -0.1) is 0 Å². The van der Waals surface area contributed by atoms with Crippen LogP contribution in [0.25, 0.3) is 33.4 Å². The highest BCUT2D eigenvalue weighted by Gasteiger charge is 2.25. The Labute approximate surface area is 206 Å². The first-order chi connectivity index (χ1) is 17.5. The Morgan fingerprint density at radius 3 is 2.58 bits per heavy atom. The third-order valence-electron chi connectivity index (χ3n) is 5.89. The number of benzene rings is 1. The first-order valence-corrected chi connectivity index (χ1v) is 11.2. The summed E-state index contributed by atoms with van der Waals surface area (Å²) in [5, 5.41) is 13.5. The summed E-state index contributed by atoms with van der Waals surface area (Å²) in [7, 11) is 0.